The number of hydrogen-bond donors (Lipinski definition) is 2. The van der Waals surface area contributed by atoms with Gasteiger partial charge in [-0.15, -0.1) is 11.3 Å². The van der Waals surface area contributed by atoms with Crippen LogP contribution in [0.1, 0.15) is 12.8 Å². The second-order valence-corrected chi connectivity index (χ2v) is 9.75. The third-order valence-corrected chi connectivity index (χ3v) is 7.32. The van der Waals surface area contributed by atoms with E-state index in [9.17, 15) is 17.6 Å². The molecule has 2 aromatic carbocycles. The van der Waals surface area contributed by atoms with Crippen LogP contribution in [0.2, 0.25) is 0 Å². The molecule has 4 rings (SSSR count). The van der Waals surface area contributed by atoms with Gasteiger partial charge in [-0.05, 0) is 49.2 Å². The Labute approximate surface area is 184 Å². The Morgan fingerprint density at radius 1 is 1.10 bits per heavy atom. The number of carbonyl (C=O) groups excluding carboxylic acids is 1. The van der Waals surface area contributed by atoms with E-state index in [4.69, 9.17) is 0 Å². The number of thiazole rings is 1. The zero-order valence-corrected chi connectivity index (χ0v) is 18.1. The molecule has 2 N–H and O–H groups in total. The molecule has 0 unspecified atom stereocenters. The van der Waals surface area contributed by atoms with Crippen molar-refractivity contribution in [1.29, 1.82) is 0 Å². The topological polar surface area (TPSA) is 91.4 Å². The number of halogens is 1. The van der Waals surface area contributed by atoms with Crippen molar-refractivity contribution in [2.24, 2.45) is 5.92 Å². The van der Waals surface area contributed by atoms with E-state index in [2.05, 4.69) is 15.0 Å². The quantitative estimate of drug-likeness (QED) is 0.582. The number of rotatable bonds is 6. The van der Waals surface area contributed by atoms with Crippen LogP contribution in [0.4, 0.5) is 20.9 Å². The molecule has 3 aromatic rings. The van der Waals surface area contributed by atoms with E-state index in [1.807, 2.05) is 4.90 Å². The second kappa shape index (κ2) is 9.03. The van der Waals surface area contributed by atoms with E-state index in [-0.39, 0.29) is 22.5 Å². The number of para-hydroxylation sites is 1. The lowest BCUT2D eigenvalue weighted by Gasteiger charge is -2.33. The number of sulfonamides is 1. The largest absolute Gasteiger partial charge is 0.369 e. The van der Waals surface area contributed by atoms with Crippen LogP contribution in [0, 0.1) is 11.7 Å². The molecule has 2 heterocycles. The molecular weight excluding hydrogens is 439 g/mol. The summed E-state index contributed by atoms with van der Waals surface area (Å²) in [5, 5.41) is 4.81. The fourth-order valence-electron chi connectivity index (χ4n) is 3.50. The zero-order chi connectivity index (χ0) is 21.8. The second-order valence-electron chi connectivity index (χ2n) is 7.17. The van der Waals surface area contributed by atoms with Crippen LogP contribution in [-0.4, -0.2) is 32.4 Å². The third kappa shape index (κ3) is 5.02. The first-order valence-corrected chi connectivity index (χ1v) is 12.1. The molecule has 10 heteroatoms. The maximum absolute atomic E-state index is 14.0. The molecule has 0 bridgehead atoms. The summed E-state index contributed by atoms with van der Waals surface area (Å²) < 4.78 is 41.2. The van der Waals surface area contributed by atoms with Crippen molar-refractivity contribution in [2.45, 2.75) is 17.7 Å². The van der Waals surface area contributed by atoms with Gasteiger partial charge in [-0.1, -0.05) is 12.1 Å². The minimum Gasteiger partial charge on any atom is -0.369 e. The van der Waals surface area contributed by atoms with Crippen molar-refractivity contribution in [2.75, 3.05) is 28.0 Å². The Morgan fingerprint density at radius 2 is 1.81 bits per heavy atom. The van der Waals surface area contributed by atoms with Gasteiger partial charge >= 0.3 is 0 Å². The lowest BCUT2D eigenvalue weighted by atomic mass is 9.95. The van der Waals surface area contributed by atoms with Gasteiger partial charge in [0.1, 0.15) is 5.82 Å². The summed E-state index contributed by atoms with van der Waals surface area (Å²) in [5.74, 6) is -0.563. The van der Waals surface area contributed by atoms with Gasteiger partial charge in [0.25, 0.3) is 10.0 Å². The van der Waals surface area contributed by atoms with E-state index in [1.54, 1.807) is 35.7 Å². The van der Waals surface area contributed by atoms with Crippen LogP contribution in [0.5, 0.6) is 0 Å². The Morgan fingerprint density at radius 3 is 2.45 bits per heavy atom. The normalized spacial score (nSPS) is 14.9. The van der Waals surface area contributed by atoms with Crippen LogP contribution in [-0.2, 0) is 14.8 Å². The van der Waals surface area contributed by atoms with Gasteiger partial charge in [0.05, 0.1) is 10.6 Å². The Kier molecular flexibility index (Phi) is 6.19. The summed E-state index contributed by atoms with van der Waals surface area (Å²) in [6.45, 7) is 1.19. The van der Waals surface area contributed by atoms with Crippen molar-refractivity contribution in [1.82, 2.24) is 4.98 Å². The fraction of sp³-hybridized carbons (Fsp3) is 0.238. The van der Waals surface area contributed by atoms with Crippen LogP contribution < -0.4 is 14.9 Å². The zero-order valence-electron chi connectivity index (χ0n) is 16.5. The number of nitrogens with zero attached hydrogens (tertiary/aromatic N) is 2. The fourth-order valence-corrected chi connectivity index (χ4v) is 5.29. The molecule has 31 heavy (non-hydrogen) atoms. The molecule has 0 spiro atoms. The molecule has 162 valence electrons. The number of benzene rings is 2. The molecule has 0 aliphatic carbocycles. The van der Waals surface area contributed by atoms with Crippen LogP contribution in [0.25, 0.3) is 0 Å². The average molecular weight is 461 g/mol. The van der Waals surface area contributed by atoms with Gasteiger partial charge in [0.15, 0.2) is 5.13 Å². The van der Waals surface area contributed by atoms with Gasteiger partial charge in [0, 0.05) is 36.3 Å². The highest BCUT2D eigenvalue weighted by Crippen LogP contribution is 2.26. The predicted molar refractivity (Wildman–Crippen MR) is 119 cm³/mol. The average Bonchev–Trinajstić information content (AvgIpc) is 3.27. The summed E-state index contributed by atoms with van der Waals surface area (Å²) >= 11 is 1.19. The molecule has 0 saturated carbocycles. The monoisotopic (exact) mass is 460 g/mol. The minimum absolute atomic E-state index is 0.0823. The number of carbonyl (C=O) groups is 1. The molecule has 1 aromatic heterocycles. The van der Waals surface area contributed by atoms with Gasteiger partial charge in [-0.3, -0.25) is 9.52 Å². The maximum Gasteiger partial charge on any atom is 0.263 e. The molecule has 1 saturated heterocycles. The molecule has 7 nitrogen and oxygen atoms in total. The van der Waals surface area contributed by atoms with Crippen LogP contribution in [0.15, 0.2) is 65.0 Å². The summed E-state index contributed by atoms with van der Waals surface area (Å²) in [7, 11) is -3.74. The first-order chi connectivity index (χ1) is 14.9. The number of piperidine rings is 1. The SMILES string of the molecule is O=C(Nc1ccc(S(=O)(=O)Nc2nccs2)cc1)C1CCN(c2ccccc2F)CC1. The van der Waals surface area contributed by atoms with Crippen molar-refractivity contribution >= 4 is 43.8 Å². The summed E-state index contributed by atoms with van der Waals surface area (Å²) in [4.78, 5) is 18.6. The van der Waals surface area contributed by atoms with Gasteiger partial charge in [0.2, 0.25) is 5.91 Å². The van der Waals surface area contributed by atoms with E-state index < -0.39 is 10.0 Å². The van der Waals surface area contributed by atoms with Crippen molar-refractivity contribution in [3.8, 4) is 0 Å². The number of aromatic nitrogens is 1. The Bertz CT molecular complexity index is 1140. The predicted octanol–water partition coefficient (Wildman–Crippen LogP) is 3.94. The van der Waals surface area contributed by atoms with Crippen LogP contribution in [0.3, 0.4) is 0 Å². The van der Waals surface area contributed by atoms with Gasteiger partial charge in [-0.25, -0.2) is 17.8 Å². The van der Waals surface area contributed by atoms with E-state index in [0.717, 1.165) is 0 Å². The molecular formula is C21H21FN4O3S2. The molecule has 1 aliphatic heterocycles. The van der Waals surface area contributed by atoms with Crippen molar-refractivity contribution in [3.05, 3.63) is 65.9 Å². The van der Waals surface area contributed by atoms with Crippen molar-refractivity contribution < 1.29 is 17.6 Å². The molecule has 1 aliphatic rings. The highest BCUT2D eigenvalue weighted by Gasteiger charge is 2.26. The molecule has 1 fully saturated rings. The number of amides is 1. The number of hydrogen-bond acceptors (Lipinski definition) is 6. The summed E-state index contributed by atoms with van der Waals surface area (Å²) in [6, 6.07) is 12.6. The van der Waals surface area contributed by atoms with Gasteiger partial charge < -0.3 is 10.2 Å². The van der Waals surface area contributed by atoms with Crippen LogP contribution >= 0.6 is 11.3 Å². The minimum atomic E-state index is -3.74. The van der Waals surface area contributed by atoms with Crippen molar-refractivity contribution in [3.63, 3.8) is 0 Å². The molecule has 0 atom stereocenters. The Balaban J connectivity index is 1.33. The number of nitrogens with one attached hydrogen (secondary N) is 2. The summed E-state index contributed by atoms with van der Waals surface area (Å²) in [5.41, 5.74) is 1.08. The summed E-state index contributed by atoms with van der Waals surface area (Å²) in [6.07, 6.45) is 2.75. The standard InChI is InChI=1S/C21H21FN4O3S2/c22-18-3-1-2-4-19(18)26-12-9-15(10-13-26)20(27)24-16-5-7-17(8-6-16)31(28,29)25-21-23-11-14-30-21/h1-8,11,14-15H,9-10,12-13H2,(H,23,25)(H,24,27). The third-order valence-electron chi connectivity index (χ3n) is 5.15. The first-order valence-electron chi connectivity index (χ1n) is 9.75. The van der Waals surface area contributed by atoms with Gasteiger partial charge in [-0.2, -0.15) is 0 Å². The first kappa shape index (κ1) is 21.3. The lowest BCUT2D eigenvalue weighted by molar-refractivity contribution is -0.120. The van der Waals surface area contributed by atoms with E-state index in [1.165, 1.54) is 35.7 Å². The highest BCUT2D eigenvalue weighted by atomic mass is 32.2. The van der Waals surface area contributed by atoms with E-state index in [0.29, 0.717) is 42.4 Å². The number of anilines is 3. The smallest absolute Gasteiger partial charge is 0.263 e. The lowest BCUT2D eigenvalue weighted by Crippen LogP contribution is -2.38. The molecule has 0 radical (unpaired) electrons. The Hall–Kier alpha value is -2.98. The molecule has 1 amide bonds. The van der Waals surface area contributed by atoms with E-state index >= 15 is 0 Å². The highest BCUT2D eigenvalue weighted by molar-refractivity contribution is 7.93. The maximum atomic E-state index is 14.0.